The van der Waals surface area contributed by atoms with Crippen molar-refractivity contribution < 1.29 is 4.74 Å². The number of aromatic nitrogens is 5. The summed E-state index contributed by atoms with van der Waals surface area (Å²) in [5, 5.41) is 7.45. The summed E-state index contributed by atoms with van der Waals surface area (Å²) in [6.45, 7) is 0.998. The Kier molecular flexibility index (Phi) is 4.20. The molecule has 3 aromatic heterocycles. The van der Waals surface area contributed by atoms with Gasteiger partial charge < -0.3 is 10.1 Å². The second kappa shape index (κ2) is 6.96. The Labute approximate surface area is 144 Å². The van der Waals surface area contributed by atoms with Crippen molar-refractivity contribution in [3.63, 3.8) is 0 Å². The Balaban J connectivity index is 1.42. The van der Waals surface area contributed by atoms with E-state index in [2.05, 4.69) is 25.4 Å². The zero-order valence-electron chi connectivity index (χ0n) is 13.4. The number of anilines is 1. The first-order chi connectivity index (χ1) is 12.4. The molecule has 124 valence electrons. The number of hydrogen-bond donors (Lipinski definition) is 1. The first-order valence-corrected chi connectivity index (χ1v) is 7.90. The monoisotopic (exact) mass is 332 g/mol. The van der Waals surface area contributed by atoms with Crippen molar-refractivity contribution in [2.45, 2.75) is 13.2 Å². The van der Waals surface area contributed by atoms with Gasteiger partial charge in [-0.05, 0) is 11.6 Å². The molecule has 0 saturated carbocycles. The molecule has 7 heteroatoms. The van der Waals surface area contributed by atoms with Gasteiger partial charge in [-0.1, -0.05) is 30.3 Å². The van der Waals surface area contributed by atoms with Gasteiger partial charge in [-0.25, -0.2) is 14.5 Å². The topological polar surface area (TPSA) is 77.2 Å². The molecule has 4 aromatic rings. The highest BCUT2D eigenvalue weighted by Crippen LogP contribution is 2.12. The quantitative estimate of drug-likeness (QED) is 0.585. The molecule has 0 aliphatic rings. The molecule has 3 heterocycles. The number of benzene rings is 1. The molecule has 0 unspecified atom stereocenters. The number of hydrogen-bond acceptors (Lipinski definition) is 6. The van der Waals surface area contributed by atoms with E-state index in [4.69, 9.17) is 4.74 Å². The van der Waals surface area contributed by atoms with E-state index in [0.717, 1.165) is 16.9 Å². The van der Waals surface area contributed by atoms with Crippen LogP contribution in [0.3, 0.4) is 0 Å². The second-order valence-corrected chi connectivity index (χ2v) is 5.38. The van der Waals surface area contributed by atoms with Gasteiger partial charge in [0.2, 0.25) is 11.8 Å². The molecule has 0 aliphatic heterocycles. The van der Waals surface area contributed by atoms with Gasteiger partial charge in [0.05, 0.1) is 18.4 Å². The summed E-state index contributed by atoms with van der Waals surface area (Å²) in [5.41, 5.74) is 2.86. The smallest absolute Gasteiger partial charge is 0.226 e. The normalized spacial score (nSPS) is 10.7. The van der Waals surface area contributed by atoms with E-state index in [1.54, 1.807) is 29.2 Å². The van der Waals surface area contributed by atoms with Crippen molar-refractivity contribution in [3.8, 4) is 5.88 Å². The summed E-state index contributed by atoms with van der Waals surface area (Å²) in [5.74, 6) is 1.03. The van der Waals surface area contributed by atoms with Gasteiger partial charge in [0.15, 0.2) is 5.65 Å². The van der Waals surface area contributed by atoms with E-state index in [-0.39, 0.29) is 0 Å². The van der Waals surface area contributed by atoms with Crippen LogP contribution in [-0.4, -0.2) is 24.6 Å². The minimum absolute atomic E-state index is 0.468. The fourth-order valence-electron chi connectivity index (χ4n) is 2.43. The molecule has 4 rings (SSSR count). The van der Waals surface area contributed by atoms with Gasteiger partial charge in [-0.2, -0.15) is 10.1 Å². The Morgan fingerprint density at radius 2 is 1.80 bits per heavy atom. The average molecular weight is 332 g/mol. The second-order valence-electron chi connectivity index (χ2n) is 5.38. The van der Waals surface area contributed by atoms with Crippen LogP contribution in [0.1, 0.15) is 11.3 Å². The maximum atomic E-state index is 5.72. The molecule has 7 nitrogen and oxygen atoms in total. The third-order valence-corrected chi connectivity index (χ3v) is 3.66. The summed E-state index contributed by atoms with van der Waals surface area (Å²) in [7, 11) is 0. The Hall–Kier alpha value is -3.48. The maximum absolute atomic E-state index is 5.72. The van der Waals surface area contributed by atoms with Gasteiger partial charge in [0.25, 0.3) is 0 Å². The lowest BCUT2D eigenvalue weighted by atomic mass is 10.2. The Morgan fingerprint density at radius 1 is 0.920 bits per heavy atom. The van der Waals surface area contributed by atoms with Crippen LogP contribution in [0, 0.1) is 0 Å². The van der Waals surface area contributed by atoms with Crippen LogP contribution in [0.5, 0.6) is 5.88 Å². The number of rotatable bonds is 6. The predicted molar refractivity (Wildman–Crippen MR) is 93.1 cm³/mol. The lowest BCUT2D eigenvalue weighted by molar-refractivity contribution is 0.293. The largest absolute Gasteiger partial charge is 0.473 e. The number of nitrogens with one attached hydrogen (secondary N) is 1. The maximum Gasteiger partial charge on any atom is 0.226 e. The van der Waals surface area contributed by atoms with Crippen LogP contribution in [0.25, 0.3) is 5.65 Å². The van der Waals surface area contributed by atoms with E-state index >= 15 is 0 Å². The standard InChI is InChI=1S/C18H16N6O/c1-2-4-14(5-3-1)13-25-17-8-10-20-18(23-17)21-12-15-6-9-19-16-7-11-22-24(15)16/h1-11H,12-13H2,(H,20,21,23). The van der Waals surface area contributed by atoms with Gasteiger partial charge >= 0.3 is 0 Å². The summed E-state index contributed by atoms with van der Waals surface area (Å²) in [4.78, 5) is 12.9. The van der Waals surface area contributed by atoms with Crippen LogP contribution in [0.4, 0.5) is 5.95 Å². The van der Waals surface area contributed by atoms with Gasteiger partial charge in [0.1, 0.15) is 6.61 Å². The third-order valence-electron chi connectivity index (χ3n) is 3.66. The zero-order chi connectivity index (χ0) is 16.9. The molecule has 25 heavy (non-hydrogen) atoms. The highest BCUT2D eigenvalue weighted by atomic mass is 16.5. The van der Waals surface area contributed by atoms with Crippen molar-refractivity contribution in [2.75, 3.05) is 5.32 Å². The van der Waals surface area contributed by atoms with Crippen molar-refractivity contribution >= 4 is 11.6 Å². The summed E-state index contributed by atoms with van der Waals surface area (Å²) in [6, 6.07) is 15.5. The highest BCUT2D eigenvalue weighted by molar-refractivity contribution is 5.38. The SMILES string of the molecule is c1ccc(COc2ccnc(NCc3ccnc4ccnn34)n2)cc1. The molecular weight excluding hydrogens is 316 g/mol. The molecule has 0 fully saturated rings. The molecule has 0 atom stereocenters. The lowest BCUT2D eigenvalue weighted by Crippen LogP contribution is -2.09. The van der Waals surface area contributed by atoms with Crippen molar-refractivity contribution in [3.05, 3.63) is 78.4 Å². The molecule has 0 bridgehead atoms. The van der Waals surface area contributed by atoms with Gasteiger partial charge in [-0.15, -0.1) is 0 Å². The molecule has 1 N–H and O–H groups in total. The predicted octanol–water partition coefficient (Wildman–Crippen LogP) is 2.71. The molecule has 1 aromatic carbocycles. The molecular formula is C18H16N6O. The Morgan fingerprint density at radius 3 is 2.72 bits per heavy atom. The summed E-state index contributed by atoms with van der Waals surface area (Å²) < 4.78 is 7.50. The Bertz CT molecular complexity index is 969. The van der Waals surface area contributed by atoms with Gasteiger partial charge in [-0.3, -0.25) is 0 Å². The van der Waals surface area contributed by atoms with Crippen molar-refractivity contribution in [1.82, 2.24) is 24.6 Å². The zero-order valence-corrected chi connectivity index (χ0v) is 13.4. The third kappa shape index (κ3) is 3.55. The van der Waals surface area contributed by atoms with Crippen molar-refractivity contribution in [1.29, 1.82) is 0 Å². The van der Waals surface area contributed by atoms with E-state index < -0.39 is 0 Å². The molecule has 0 radical (unpaired) electrons. The van der Waals surface area contributed by atoms with E-state index in [1.807, 2.05) is 42.5 Å². The number of fused-ring (bicyclic) bond motifs is 1. The van der Waals surface area contributed by atoms with E-state index in [9.17, 15) is 0 Å². The van der Waals surface area contributed by atoms with Crippen LogP contribution in [0.15, 0.2) is 67.1 Å². The number of ether oxygens (including phenoxy) is 1. The number of nitrogens with zero attached hydrogens (tertiary/aromatic N) is 5. The van der Waals surface area contributed by atoms with Crippen LogP contribution < -0.4 is 10.1 Å². The fourth-order valence-corrected chi connectivity index (χ4v) is 2.43. The molecule has 0 aliphatic carbocycles. The van der Waals surface area contributed by atoms with Crippen LogP contribution in [0.2, 0.25) is 0 Å². The summed E-state index contributed by atoms with van der Waals surface area (Å²) >= 11 is 0. The summed E-state index contributed by atoms with van der Waals surface area (Å²) in [6.07, 6.45) is 5.15. The minimum atomic E-state index is 0.468. The van der Waals surface area contributed by atoms with E-state index in [1.165, 1.54) is 0 Å². The lowest BCUT2D eigenvalue weighted by Gasteiger charge is -2.09. The first-order valence-electron chi connectivity index (χ1n) is 7.90. The highest BCUT2D eigenvalue weighted by Gasteiger charge is 2.04. The van der Waals surface area contributed by atoms with Crippen molar-refractivity contribution in [2.24, 2.45) is 0 Å². The molecule has 0 spiro atoms. The average Bonchev–Trinajstić information content (AvgIpc) is 3.15. The fraction of sp³-hybridized carbons (Fsp3) is 0.111. The van der Waals surface area contributed by atoms with Gasteiger partial charge in [0, 0.05) is 24.5 Å². The molecule has 0 saturated heterocycles. The van der Waals surface area contributed by atoms with Crippen LogP contribution >= 0.6 is 0 Å². The minimum Gasteiger partial charge on any atom is -0.473 e. The molecule has 0 amide bonds. The van der Waals surface area contributed by atoms with E-state index in [0.29, 0.717) is 25.0 Å². The first kappa shape index (κ1) is 15.1. The van der Waals surface area contributed by atoms with Crippen LogP contribution in [-0.2, 0) is 13.2 Å².